The van der Waals surface area contributed by atoms with Crippen molar-refractivity contribution in [2.24, 2.45) is 17.8 Å². The van der Waals surface area contributed by atoms with Crippen molar-refractivity contribution in [1.29, 1.82) is 0 Å². The highest BCUT2D eigenvalue weighted by Crippen LogP contribution is 2.55. The normalized spacial score (nSPS) is 36.6. The average molecular weight is 369 g/mol. The smallest absolute Gasteiger partial charge is 0.237 e. The summed E-state index contributed by atoms with van der Waals surface area (Å²) in [5.41, 5.74) is 0.121. The van der Waals surface area contributed by atoms with E-state index in [-0.39, 0.29) is 17.5 Å². The van der Waals surface area contributed by atoms with E-state index < -0.39 is 0 Å². The second-order valence-electron chi connectivity index (χ2n) is 9.57. The Kier molecular flexibility index (Phi) is 4.38. The van der Waals surface area contributed by atoms with E-state index in [9.17, 15) is 4.79 Å². The summed E-state index contributed by atoms with van der Waals surface area (Å²) in [7, 11) is 0. The lowest BCUT2D eigenvalue weighted by Crippen LogP contribution is -2.63. The van der Waals surface area contributed by atoms with E-state index in [1.54, 1.807) is 0 Å². The number of nitrogens with zero attached hydrogens (tertiary/aromatic N) is 3. The van der Waals surface area contributed by atoms with E-state index >= 15 is 0 Å². The number of piperazine rings is 1. The SMILES string of the molecule is C[C@H](C(=O)NC12CC3CC(CC(C3)C1)C2)N1CCN(c2ccccn2)CC1. The first-order valence-corrected chi connectivity index (χ1v) is 10.8. The topological polar surface area (TPSA) is 48.5 Å². The maximum absolute atomic E-state index is 13.1. The Labute approximate surface area is 162 Å². The van der Waals surface area contributed by atoms with E-state index in [0.717, 1.165) is 49.8 Å². The highest BCUT2D eigenvalue weighted by atomic mass is 16.2. The Bertz CT molecular complexity index is 648. The van der Waals surface area contributed by atoms with Gasteiger partial charge in [-0.3, -0.25) is 9.69 Å². The van der Waals surface area contributed by atoms with Crippen LogP contribution in [0.4, 0.5) is 5.82 Å². The summed E-state index contributed by atoms with van der Waals surface area (Å²) >= 11 is 0. The molecular formula is C22H32N4O. The Morgan fingerprint density at radius 2 is 1.70 bits per heavy atom. The molecule has 1 amide bonds. The number of nitrogens with one attached hydrogen (secondary N) is 1. The lowest BCUT2D eigenvalue weighted by atomic mass is 9.53. The first-order chi connectivity index (χ1) is 13.1. The van der Waals surface area contributed by atoms with Crippen molar-refractivity contribution in [1.82, 2.24) is 15.2 Å². The molecule has 0 aromatic carbocycles. The highest BCUT2D eigenvalue weighted by Gasteiger charge is 2.51. The molecule has 5 aliphatic rings. The Hall–Kier alpha value is -1.62. The zero-order valence-electron chi connectivity index (χ0n) is 16.4. The van der Waals surface area contributed by atoms with Crippen molar-refractivity contribution in [3.63, 3.8) is 0 Å². The fourth-order valence-electron chi connectivity index (χ4n) is 6.67. The van der Waals surface area contributed by atoms with Gasteiger partial charge in [0.25, 0.3) is 0 Å². The minimum absolute atomic E-state index is 0.0381. The number of hydrogen-bond acceptors (Lipinski definition) is 4. The van der Waals surface area contributed by atoms with Crippen LogP contribution in [0.15, 0.2) is 24.4 Å². The van der Waals surface area contributed by atoms with Crippen LogP contribution in [0.25, 0.3) is 0 Å². The molecule has 0 radical (unpaired) electrons. The molecule has 4 saturated carbocycles. The van der Waals surface area contributed by atoms with Crippen molar-refractivity contribution in [2.75, 3.05) is 31.1 Å². The predicted molar refractivity (Wildman–Crippen MR) is 107 cm³/mol. The molecule has 1 atom stereocenters. The minimum Gasteiger partial charge on any atom is -0.354 e. The number of carbonyl (C=O) groups excluding carboxylic acids is 1. The molecule has 1 N–H and O–H groups in total. The quantitative estimate of drug-likeness (QED) is 0.888. The first-order valence-electron chi connectivity index (χ1n) is 10.8. The number of hydrogen-bond donors (Lipinski definition) is 1. The molecule has 4 bridgehead atoms. The number of amides is 1. The summed E-state index contributed by atoms with van der Waals surface area (Å²) in [6, 6.07) is 6.02. The largest absolute Gasteiger partial charge is 0.354 e. The zero-order valence-corrected chi connectivity index (χ0v) is 16.4. The van der Waals surface area contributed by atoms with Crippen molar-refractivity contribution >= 4 is 11.7 Å². The summed E-state index contributed by atoms with van der Waals surface area (Å²) in [5.74, 6) is 3.90. The molecule has 146 valence electrons. The third-order valence-electron chi connectivity index (χ3n) is 7.64. The van der Waals surface area contributed by atoms with E-state index in [1.165, 1.54) is 38.5 Å². The Morgan fingerprint density at radius 1 is 1.07 bits per heavy atom. The van der Waals surface area contributed by atoms with Gasteiger partial charge in [0.1, 0.15) is 5.82 Å². The van der Waals surface area contributed by atoms with Crippen molar-refractivity contribution in [3.05, 3.63) is 24.4 Å². The van der Waals surface area contributed by atoms with Gasteiger partial charge in [-0.2, -0.15) is 0 Å². The molecule has 5 nitrogen and oxygen atoms in total. The fourth-order valence-corrected chi connectivity index (χ4v) is 6.67. The number of pyridine rings is 1. The van der Waals surface area contributed by atoms with E-state index in [1.807, 2.05) is 18.3 Å². The molecule has 6 rings (SSSR count). The van der Waals surface area contributed by atoms with Crippen molar-refractivity contribution < 1.29 is 4.79 Å². The van der Waals surface area contributed by atoms with Gasteiger partial charge >= 0.3 is 0 Å². The second-order valence-corrected chi connectivity index (χ2v) is 9.57. The maximum Gasteiger partial charge on any atom is 0.237 e. The van der Waals surface area contributed by atoms with Crippen LogP contribution >= 0.6 is 0 Å². The molecule has 0 spiro atoms. The van der Waals surface area contributed by atoms with Gasteiger partial charge in [-0.05, 0) is 75.3 Å². The molecule has 1 aromatic rings. The van der Waals surface area contributed by atoms with E-state index in [4.69, 9.17) is 0 Å². The van der Waals surface area contributed by atoms with Crippen LogP contribution in [0.3, 0.4) is 0 Å². The van der Waals surface area contributed by atoms with Crippen LogP contribution in [-0.4, -0.2) is 53.6 Å². The van der Waals surface area contributed by atoms with Gasteiger partial charge in [0.15, 0.2) is 0 Å². The molecule has 4 aliphatic carbocycles. The zero-order chi connectivity index (χ0) is 18.4. The molecule has 2 heterocycles. The highest BCUT2D eigenvalue weighted by molar-refractivity contribution is 5.82. The molecule has 5 fully saturated rings. The summed E-state index contributed by atoms with van der Waals surface area (Å²) in [6.45, 7) is 5.81. The molecule has 5 heteroatoms. The molecule has 1 saturated heterocycles. The first kappa shape index (κ1) is 17.5. The van der Waals surface area contributed by atoms with Gasteiger partial charge in [-0.15, -0.1) is 0 Å². The van der Waals surface area contributed by atoms with Crippen molar-refractivity contribution in [3.8, 4) is 0 Å². The Balaban J connectivity index is 1.18. The van der Waals surface area contributed by atoms with Crippen LogP contribution in [0.2, 0.25) is 0 Å². The lowest BCUT2D eigenvalue weighted by Gasteiger charge is -2.57. The fraction of sp³-hybridized carbons (Fsp3) is 0.727. The number of rotatable bonds is 4. The molecule has 27 heavy (non-hydrogen) atoms. The number of anilines is 1. The van der Waals surface area contributed by atoms with Crippen LogP contribution in [-0.2, 0) is 4.79 Å². The molecule has 1 aromatic heterocycles. The lowest BCUT2D eigenvalue weighted by molar-refractivity contribution is -0.131. The van der Waals surface area contributed by atoms with Crippen LogP contribution in [0, 0.1) is 17.8 Å². The van der Waals surface area contributed by atoms with Gasteiger partial charge in [0.2, 0.25) is 5.91 Å². The van der Waals surface area contributed by atoms with Crippen molar-refractivity contribution in [2.45, 2.75) is 57.0 Å². The summed E-state index contributed by atoms with van der Waals surface area (Å²) in [5, 5.41) is 3.56. The van der Waals surface area contributed by atoms with Gasteiger partial charge in [-0.25, -0.2) is 4.98 Å². The van der Waals surface area contributed by atoms with E-state index in [0.29, 0.717) is 0 Å². The average Bonchev–Trinajstić information content (AvgIpc) is 2.67. The predicted octanol–water partition coefficient (Wildman–Crippen LogP) is 2.68. The summed E-state index contributed by atoms with van der Waals surface area (Å²) in [4.78, 5) is 22.2. The van der Waals surface area contributed by atoms with Gasteiger partial charge in [0, 0.05) is 37.9 Å². The third-order valence-corrected chi connectivity index (χ3v) is 7.64. The molecule has 0 unspecified atom stereocenters. The summed E-state index contributed by atoms with van der Waals surface area (Å²) < 4.78 is 0. The van der Waals surface area contributed by atoms with Crippen LogP contribution in [0.1, 0.15) is 45.4 Å². The van der Waals surface area contributed by atoms with Gasteiger partial charge in [0.05, 0.1) is 6.04 Å². The van der Waals surface area contributed by atoms with E-state index in [2.05, 4.69) is 33.1 Å². The Morgan fingerprint density at radius 3 is 2.26 bits per heavy atom. The molecular weight excluding hydrogens is 336 g/mol. The molecule has 1 aliphatic heterocycles. The van der Waals surface area contributed by atoms with Crippen LogP contribution < -0.4 is 10.2 Å². The number of aromatic nitrogens is 1. The maximum atomic E-state index is 13.1. The minimum atomic E-state index is -0.0381. The third kappa shape index (κ3) is 3.35. The summed E-state index contributed by atoms with van der Waals surface area (Å²) in [6.07, 6.45) is 9.78. The second kappa shape index (κ2) is 6.77. The number of carbonyl (C=O) groups is 1. The standard InChI is InChI=1S/C22H32N4O/c1-16(25-6-8-26(9-7-25)20-4-2-3-5-23-20)21(27)24-22-13-17-10-18(14-22)12-19(11-17)15-22/h2-5,16-19H,6-15H2,1H3,(H,24,27)/t16-,17?,18?,19?,22?/m1/s1. The van der Waals surface area contributed by atoms with Crippen LogP contribution in [0.5, 0.6) is 0 Å². The van der Waals surface area contributed by atoms with Gasteiger partial charge < -0.3 is 10.2 Å². The van der Waals surface area contributed by atoms with Gasteiger partial charge in [-0.1, -0.05) is 6.07 Å². The monoisotopic (exact) mass is 368 g/mol.